The van der Waals surface area contributed by atoms with Crippen LogP contribution in [-0.4, -0.2) is 35.3 Å². The monoisotopic (exact) mass is 598 g/mol. The number of imide groups is 1. The van der Waals surface area contributed by atoms with Crippen LogP contribution in [0.1, 0.15) is 111 Å². The molecule has 2 aliphatic heterocycles. The molecule has 5 atom stereocenters. The smallest absolute Gasteiger partial charge is 0.261 e. The number of nitrogens with zero attached hydrogens (tertiary/aromatic N) is 2. The Hall–Kier alpha value is -4.90. The maximum atomic E-state index is 14.6. The van der Waals surface area contributed by atoms with Crippen molar-refractivity contribution < 1.29 is 14.4 Å². The summed E-state index contributed by atoms with van der Waals surface area (Å²) in [4.78, 5) is 47.8. The van der Waals surface area contributed by atoms with Crippen LogP contribution in [0.15, 0.2) is 77.8 Å². The highest BCUT2D eigenvalue weighted by Gasteiger charge is 2.65. The van der Waals surface area contributed by atoms with Crippen molar-refractivity contribution >= 4 is 50.5 Å². The standard InChI is InChI=1S/C41H30N2O3/c1-4-18-41-27-16-12-21-31-26(15-13-22(32(27)31)35(41)36(44)33-19-8-6-7-9-28(19)42-37(33)41)40(5-2)25-17-14-24-29-23(38(45)43(3)39(24)46)11-10-20(30(25)29)34(21)40/h6-17,33-35H,4-5,18H2,1-3H3. The molecule has 1 fully saturated rings. The van der Waals surface area contributed by atoms with E-state index in [2.05, 4.69) is 62.4 Å². The molecule has 222 valence electrons. The van der Waals surface area contributed by atoms with Gasteiger partial charge in [-0.25, -0.2) is 0 Å². The van der Waals surface area contributed by atoms with Gasteiger partial charge in [0, 0.05) is 46.0 Å². The third-order valence-corrected chi connectivity index (χ3v) is 12.8. The van der Waals surface area contributed by atoms with Crippen molar-refractivity contribution in [1.29, 1.82) is 0 Å². The van der Waals surface area contributed by atoms with Crippen LogP contribution in [0, 0.1) is 0 Å². The van der Waals surface area contributed by atoms with Gasteiger partial charge >= 0.3 is 0 Å². The summed E-state index contributed by atoms with van der Waals surface area (Å²) in [7, 11) is 1.57. The van der Waals surface area contributed by atoms with E-state index in [0.29, 0.717) is 11.1 Å². The number of Topliss-reactive ketones (excluding diaryl/α,β-unsaturated/α-hetero) is 1. The Morgan fingerprint density at radius 2 is 1.22 bits per heavy atom. The first kappa shape index (κ1) is 25.3. The molecular weight excluding hydrogens is 568 g/mol. The summed E-state index contributed by atoms with van der Waals surface area (Å²) in [6.45, 7) is 4.50. The van der Waals surface area contributed by atoms with Gasteiger partial charge in [-0.1, -0.05) is 74.9 Å². The molecule has 5 unspecified atom stereocenters. The second kappa shape index (κ2) is 7.72. The van der Waals surface area contributed by atoms with Crippen molar-refractivity contribution in [1.82, 2.24) is 4.90 Å². The summed E-state index contributed by atoms with van der Waals surface area (Å²) >= 11 is 0. The van der Waals surface area contributed by atoms with E-state index in [1.165, 1.54) is 49.1 Å². The molecule has 0 bridgehead atoms. The van der Waals surface area contributed by atoms with Gasteiger partial charge in [-0.3, -0.25) is 24.3 Å². The molecule has 5 heteroatoms. The quantitative estimate of drug-likeness (QED) is 0.198. The lowest BCUT2D eigenvalue weighted by Crippen LogP contribution is -2.37. The van der Waals surface area contributed by atoms with Gasteiger partial charge in [-0.2, -0.15) is 0 Å². The van der Waals surface area contributed by atoms with E-state index in [9.17, 15) is 14.4 Å². The Labute approximate surface area is 265 Å². The zero-order valence-corrected chi connectivity index (χ0v) is 25.9. The number of carbonyl (C=O) groups excluding carboxylic acids is 3. The number of rotatable bonds is 3. The topological polar surface area (TPSA) is 66.8 Å². The largest absolute Gasteiger partial charge is 0.298 e. The lowest BCUT2D eigenvalue weighted by atomic mass is 9.69. The van der Waals surface area contributed by atoms with Crippen molar-refractivity contribution in [2.24, 2.45) is 4.99 Å². The van der Waals surface area contributed by atoms with E-state index in [0.717, 1.165) is 47.0 Å². The van der Waals surface area contributed by atoms with Crippen molar-refractivity contribution in [2.75, 3.05) is 7.05 Å². The molecule has 1 saturated carbocycles. The van der Waals surface area contributed by atoms with Gasteiger partial charge in [0.25, 0.3) is 11.8 Å². The summed E-state index contributed by atoms with van der Waals surface area (Å²) in [5.74, 6) is -0.608. The van der Waals surface area contributed by atoms with E-state index < -0.39 is 5.41 Å². The predicted octanol–water partition coefficient (Wildman–Crippen LogP) is 7.96. The molecule has 0 radical (unpaired) electrons. The summed E-state index contributed by atoms with van der Waals surface area (Å²) in [5, 5.41) is 4.46. The van der Waals surface area contributed by atoms with Gasteiger partial charge in [-0.05, 0) is 86.1 Å². The van der Waals surface area contributed by atoms with Crippen LogP contribution in [0.5, 0.6) is 0 Å². The summed E-state index contributed by atoms with van der Waals surface area (Å²) in [6, 6.07) is 25.6. The first-order chi connectivity index (χ1) is 22.4. The Kier molecular flexibility index (Phi) is 4.25. The van der Waals surface area contributed by atoms with Gasteiger partial charge in [0.2, 0.25) is 0 Å². The number of benzene rings is 5. The molecule has 0 aromatic heterocycles. The highest BCUT2D eigenvalue weighted by molar-refractivity contribution is 6.31. The molecule has 5 aromatic carbocycles. The predicted molar refractivity (Wildman–Crippen MR) is 178 cm³/mol. The average molecular weight is 599 g/mol. The Morgan fingerprint density at radius 3 is 1.89 bits per heavy atom. The number of carbonyl (C=O) groups is 3. The molecule has 5 nitrogen and oxygen atoms in total. The van der Waals surface area contributed by atoms with Gasteiger partial charge in [0.05, 0.1) is 17.5 Å². The number of fused-ring (bicyclic) bond motifs is 12. The normalized spacial score (nSPS) is 28.3. The first-order valence-corrected chi connectivity index (χ1v) is 16.6. The van der Waals surface area contributed by atoms with E-state index in [4.69, 9.17) is 4.99 Å². The second-order valence-electron chi connectivity index (χ2n) is 14.2. The van der Waals surface area contributed by atoms with Gasteiger partial charge < -0.3 is 0 Å². The Balaban J connectivity index is 1.21. The number of para-hydroxylation sites is 1. The summed E-state index contributed by atoms with van der Waals surface area (Å²) in [5.41, 5.74) is 11.0. The lowest BCUT2D eigenvalue weighted by Gasteiger charge is -2.33. The maximum absolute atomic E-state index is 14.6. The third kappa shape index (κ3) is 2.30. The molecule has 0 spiro atoms. The minimum Gasteiger partial charge on any atom is -0.298 e. The van der Waals surface area contributed by atoms with Crippen LogP contribution < -0.4 is 0 Å². The average Bonchev–Trinajstić information content (AvgIpc) is 3.81. The van der Waals surface area contributed by atoms with Gasteiger partial charge in [0.1, 0.15) is 0 Å². The maximum Gasteiger partial charge on any atom is 0.261 e. The molecule has 4 aliphatic carbocycles. The Morgan fingerprint density at radius 1 is 0.652 bits per heavy atom. The van der Waals surface area contributed by atoms with E-state index >= 15 is 0 Å². The first-order valence-electron chi connectivity index (χ1n) is 16.6. The summed E-state index contributed by atoms with van der Waals surface area (Å²) in [6.07, 6.45) is 2.73. The van der Waals surface area contributed by atoms with E-state index in [1.807, 2.05) is 24.3 Å². The number of ketones is 1. The molecule has 2 amide bonds. The van der Waals surface area contributed by atoms with Crippen LogP contribution in [0.2, 0.25) is 0 Å². The molecule has 0 saturated heterocycles. The van der Waals surface area contributed by atoms with Crippen LogP contribution in [0.4, 0.5) is 5.69 Å². The fraction of sp³-hybridized carbons (Fsp3) is 0.268. The lowest BCUT2D eigenvalue weighted by molar-refractivity contribution is -0.120. The number of hydrogen-bond donors (Lipinski definition) is 0. The number of aliphatic imine (C=N–C) groups is 1. The third-order valence-electron chi connectivity index (χ3n) is 12.8. The SMILES string of the molecule is CCCC12C3=Nc4ccccc4C3C(=O)C1c1ccc3c4c(ccc2c14)C1c2ccc4c5c(ccc(c25)C31CC)C(=O)N(C)C4=O. The number of hydrogen-bond acceptors (Lipinski definition) is 4. The second-order valence-corrected chi connectivity index (χ2v) is 14.2. The Bertz CT molecular complexity index is 2410. The van der Waals surface area contributed by atoms with E-state index in [-0.39, 0.29) is 40.8 Å². The molecule has 46 heavy (non-hydrogen) atoms. The van der Waals surface area contributed by atoms with Gasteiger partial charge in [-0.15, -0.1) is 0 Å². The van der Waals surface area contributed by atoms with Crippen molar-refractivity contribution in [3.05, 3.63) is 123 Å². The van der Waals surface area contributed by atoms with Crippen molar-refractivity contribution in [2.45, 2.75) is 61.7 Å². The van der Waals surface area contributed by atoms with Crippen LogP contribution in [-0.2, 0) is 15.6 Å². The molecule has 5 aromatic rings. The fourth-order valence-electron chi connectivity index (χ4n) is 11.3. The zero-order chi connectivity index (χ0) is 31.0. The molecular formula is C41H30N2O3. The zero-order valence-electron chi connectivity index (χ0n) is 25.9. The summed E-state index contributed by atoms with van der Waals surface area (Å²) < 4.78 is 0. The highest BCUT2D eigenvalue weighted by atomic mass is 16.2. The van der Waals surface area contributed by atoms with Gasteiger partial charge in [0.15, 0.2) is 5.78 Å². The molecule has 2 heterocycles. The van der Waals surface area contributed by atoms with E-state index in [1.54, 1.807) is 7.05 Å². The molecule has 11 rings (SSSR count). The van der Waals surface area contributed by atoms with Crippen LogP contribution >= 0.6 is 0 Å². The minimum atomic E-state index is -0.433. The van der Waals surface area contributed by atoms with Crippen LogP contribution in [0.25, 0.3) is 21.5 Å². The minimum absolute atomic E-state index is 0.0695. The highest BCUT2D eigenvalue weighted by Crippen LogP contribution is 2.70. The fourth-order valence-corrected chi connectivity index (χ4v) is 11.3. The molecule has 0 N–H and O–H groups in total. The number of amides is 2. The van der Waals surface area contributed by atoms with Crippen LogP contribution in [0.3, 0.4) is 0 Å². The van der Waals surface area contributed by atoms with Crippen molar-refractivity contribution in [3.63, 3.8) is 0 Å². The molecule has 6 aliphatic rings. The van der Waals surface area contributed by atoms with Crippen molar-refractivity contribution in [3.8, 4) is 0 Å².